The zero-order valence-corrected chi connectivity index (χ0v) is 16.6. The van der Waals surface area contributed by atoms with Crippen LogP contribution in [0.4, 0.5) is 0 Å². The number of nitrogens with zero attached hydrogens (tertiary/aromatic N) is 1. The molecule has 2 aromatic rings. The van der Waals surface area contributed by atoms with Gasteiger partial charge in [0.25, 0.3) is 5.91 Å². The summed E-state index contributed by atoms with van der Waals surface area (Å²) in [5, 5.41) is 3.00. The predicted molar refractivity (Wildman–Crippen MR) is 106 cm³/mol. The largest absolute Gasteiger partial charge is 0.351 e. The normalized spacial score (nSPS) is 15.5. The van der Waals surface area contributed by atoms with E-state index in [0.717, 1.165) is 12.8 Å². The van der Waals surface area contributed by atoms with Crippen LogP contribution >= 0.6 is 0 Å². The SMILES string of the molecule is CCN(CC)S(=O)(=O)c1ccc(C(=O)NCC2(c3ccccc3)CC2)cc1. The third-order valence-electron chi connectivity index (χ3n) is 5.29. The molecule has 1 N–H and O–H groups in total. The van der Waals surface area contributed by atoms with Crippen molar-refractivity contribution in [1.82, 2.24) is 9.62 Å². The molecule has 1 saturated carbocycles. The topological polar surface area (TPSA) is 66.5 Å². The molecule has 144 valence electrons. The van der Waals surface area contributed by atoms with Crippen LogP contribution in [0.2, 0.25) is 0 Å². The van der Waals surface area contributed by atoms with E-state index in [4.69, 9.17) is 0 Å². The molecule has 0 bridgehead atoms. The number of amides is 1. The maximum atomic E-state index is 12.5. The lowest BCUT2D eigenvalue weighted by Crippen LogP contribution is -2.32. The van der Waals surface area contributed by atoms with Gasteiger partial charge in [-0.1, -0.05) is 44.2 Å². The highest BCUT2D eigenvalue weighted by molar-refractivity contribution is 7.89. The maximum absolute atomic E-state index is 12.5. The van der Waals surface area contributed by atoms with Crippen molar-refractivity contribution in [2.24, 2.45) is 0 Å². The molecule has 1 aliphatic rings. The van der Waals surface area contributed by atoms with Crippen molar-refractivity contribution in [2.75, 3.05) is 19.6 Å². The first-order valence-corrected chi connectivity index (χ1v) is 10.8. The molecule has 0 aliphatic heterocycles. The molecule has 1 amide bonds. The molecule has 0 radical (unpaired) electrons. The van der Waals surface area contributed by atoms with E-state index < -0.39 is 10.0 Å². The van der Waals surface area contributed by atoms with Gasteiger partial charge in [-0.15, -0.1) is 0 Å². The number of hydrogen-bond donors (Lipinski definition) is 1. The highest BCUT2D eigenvalue weighted by Crippen LogP contribution is 2.47. The van der Waals surface area contributed by atoms with Crippen LogP contribution in [0.15, 0.2) is 59.5 Å². The van der Waals surface area contributed by atoms with Crippen molar-refractivity contribution in [3.05, 3.63) is 65.7 Å². The molecule has 0 saturated heterocycles. The lowest BCUT2D eigenvalue weighted by Gasteiger charge is -2.19. The van der Waals surface area contributed by atoms with E-state index in [1.807, 2.05) is 32.0 Å². The Kier molecular flexibility index (Phi) is 5.67. The van der Waals surface area contributed by atoms with Gasteiger partial charge in [-0.3, -0.25) is 4.79 Å². The second-order valence-corrected chi connectivity index (χ2v) is 8.88. The molecular weight excluding hydrogens is 360 g/mol. The second-order valence-electron chi connectivity index (χ2n) is 6.94. The number of sulfonamides is 1. The molecule has 3 rings (SSSR count). The Balaban J connectivity index is 1.66. The molecule has 27 heavy (non-hydrogen) atoms. The van der Waals surface area contributed by atoms with Gasteiger partial charge < -0.3 is 5.32 Å². The molecule has 1 fully saturated rings. The molecule has 0 atom stereocenters. The number of nitrogens with one attached hydrogen (secondary N) is 1. The number of carbonyl (C=O) groups excluding carboxylic acids is 1. The molecule has 0 unspecified atom stereocenters. The summed E-state index contributed by atoms with van der Waals surface area (Å²) in [6, 6.07) is 16.4. The Hall–Kier alpha value is -2.18. The Morgan fingerprint density at radius 1 is 1.00 bits per heavy atom. The highest BCUT2D eigenvalue weighted by Gasteiger charge is 2.44. The minimum Gasteiger partial charge on any atom is -0.351 e. The molecule has 0 heterocycles. The summed E-state index contributed by atoms with van der Waals surface area (Å²) >= 11 is 0. The highest BCUT2D eigenvalue weighted by atomic mass is 32.2. The van der Waals surface area contributed by atoms with Gasteiger partial charge in [-0.05, 0) is 42.7 Å². The van der Waals surface area contributed by atoms with Crippen LogP contribution in [0.5, 0.6) is 0 Å². The molecule has 1 aliphatic carbocycles. The fourth-order valence-corrected chi connectivity index (χ4v) is 4.81. The predicted octanol–water partition coefficient (Wildman–Crippen LogP) is 3.18. The van der Waals surface area contributed by atoms with Crippen LogP contribution < -0.4 is 5.32 Å². The lowest BCUT2D eigenvalue weighted by atomic mass is 9.96. The van der Waals surface area contributed by atoms with Crippen LogP contribution in [0, 0.1) is 0 Å². The first-order chi connectivity index (χ1) is 12.9. The second kappa shape index (κ2) is 7.82. The molecule has 5 nitrogen and oxygen atoms in total. The van der Waals surface area contributed by atoms with E-state index in [1.165, 1.54) is 22.0 Å². The van der Waals surface area contributed by atoms with Crippen molar-refractivity contribution in [3.8, 4) is 0 Å². The van der Waals surface area contributed by atoms with E-state index in [9.17, 15) is 13.2 Å². The third-order valence-corrected chi connectivity index (χ3v) is 7.35. The Morgan fingerprint density at radius 2 is 1.59 bits per heavy atom. The Bertz CT molecular complexity index is 885. The summed E-state index contributed by atoms with van der Waals surface area (Å²) in [5.41, 5.74) is 1.77. The van der Waals surface area contributed by atoms with Gasteiger partial charge in [-0.25, -0.2) is 8.42 Å². The average molecular weight is 387 g/mol. The van der Waals surface area contributed by atoms with Gasteiger partial charge in [0, 0.05) is 30.6 Å². The van der Waals surface area contributed by atoms with E-state index >= 15 is 0 Å². The van der Waals surface area contributed by atoms with E-state index in [2.05, 4.69) is 17.4 Å². The van der Waals surface area contributed by atoms with Crippen LogP contribution in [0.3, 0.4) is 0 Å². The summed E-state index contributed by atoms with van der Waals surface area (Å²) in [6.07, 6.45) is 2.14. The maximum Gasteiger partial charge on any atom is 0.251 e. The van der Waals surface area contributed by atoms with Gasteiger partial charge in [0.15, 0.2) is 0 Å². The van der Waals surface area contributed by atoms with Crippen molar-refractivity contribution in [3.63, 3.8) is 0 Å². The number of rotatable bonds is 8. The summed E-state index contributed by atoms with van der Waals surface area (Å²) in [6.45, 7) is 5.05. The molecule has 0 spiro atoms. The average Bonchev–Trinajstić information content (AvgIpc) is 3.49. The number of carbonyl (C=O) groups is 1. The van der Waals surface area contributed by atoms with Gasteiger partial charge in [0.05, 0.1) is 4.90 Å². The summed E-state index contributed by atoms with van der Waals surface area (Å²) in [5.74, 6) is -0.177. The molecule has 6 heteroatoms. The zero-order valence-electron chi connectivity index (χ0n) is 15.8. The van der Waals surface area contributed by atoms with Crippen LogP contribution in [-0.4, -0.2) is 38.3 Å². The van der Waals surface area contributed by atoms with Crippen LogP contribution in [-0.2, 0) is 15.4 Å². The Morgan fingerprint density at radius 3 is 2.11 bits per heavy atom. The number of benzene rings is 2. The van der Waals surface area contributed by atoms with Gasteiger partial charge in [-0.2, -0.15) is 4.31 Å². The van der Waals surface area contributed by atoms with Gasteiger partial charge >= 0.3 is 0 Å². The summed E-state index contributed by atoms with van der Waals surface area (Å²) < 4.78 is 26.4. The quantitative estimate of drug-likeness (QED) is 0.758. The Labute approximate surface area is 161 Å². The smallest absolute Gasteiger partial charge is 0.251 e. The van der Waals surface area contributed by atoms with Crippen LogP contribution in [0.1, 0.15) is 42.6 Å². The van der Waals surface area contributed by atoms with Crippen LogP contribution in [0.25, 0.3) is 0 Å². The van der Waals surface area contributed by atoms with E-state index in [0.29, 0.717) is 25.2 Å². The minimum absolute atomic E-state index is 0.0446. The summed E-state index contributed by atoms with van der Waals surface area (Å²) in [4.78, 5) is 12.7. The monoisotopic (exact) mass is 386 g/mol. The van der Waals surface area contributed by atoms with Gasteiger partial charge in [0.2, 0.25) is 10.0 Å². The third kappa shape index (κ3) is 4.06. The summed E-state index contributed by atoms with van der Waals surface area (Å²) in [7, 11) is -3.50. The molecular formula is C21H26N2O3S. The zero-order chi connectivity index (χ0) is 19.5. The van der Waals surface area contributed by atoms with Crippen molar-refractivity contribution < 1.29 is 13.2 Å². The van der Waals surface area contributed by atoms with Crippen molar-refractivity contribution in [1.29, 1.82) is 0 Å². The molecule has 0 aromatic heterocycles. The standard InChI is InChI=1S/C21H26N2O3S/c1-3-23(4-2)27(25,26)19-12-10-17(11-13-19)20(24)22-16-21(14-15-21)18-8-6-5-7-9-18/h5-13H,3-4,14-16H2,1-2H3,(H,22,24). The van der Waals surface area contributed by atoms with Crippen molar-refractivity contribution in [2.45, 2.75) is 37.0 Å². The van der Waals surface area contributed by atoms with E-state index in [1.54, 1.807) is 12.1 Å². The minimum atomic E-state index is -3.50. The fourth-order valence-electron chi connectivity index (χ4n) is 3.35. The fraction of sp³-hybridized carbons (Fsp3) is 0.381. The van der Waals surface area contributed by atoms with Gasteiger partial charge in [0.1, 0.15) is 0 Å². The first kappa shape index (κ1) is 19.6. The number of hydrogen-bond acceptors (Lipinski definition) is 3. The molecule has 2 aromatic carbocycles. The first-order valence-electron chi connectivity index (χ1n) is 9.37. The lowest BCUT2D eigenvalue weighted by molar-refractivity contribution is 0.0949. The van der Waals surface area contributed by atoms with E-state index in [-0.39, 0.29) is 16.2 Å². The van der Waals surface area contributed by atoms with Crippen molar-refractivity contribution >= 4 is 15.9 Å².